The van der Waals surface area contributed by atoms with Gasteiger partial charge in [0.15, 0.2) is 0 Å². The second-order valence-corrected chi connectivity index (χ2v) is 15.1. The Hall–Kier alpha value is -3.78. The lowest BCUT2D eigenvalue weighted by Gasteiger charge is -2.15. The van der Waals surface area contributed by atoms with Gasteiger partial charge in [0.1, 0.15) is 18.7 Å². The fourth-order valence-electron chi connectivity index (χ4n) is 3.92. The molecule has 34 heavy (non-hydrogen) atoms. The number of rotatable bonds is 8. The van der Waals surface area contributed by atoms with Gasteiger partial charge in [0, 0.05) is 31.8 Å². The van der Waals surface area contributed by atoms with E-state index in [4.69, 9.17) is 4.74 Å². The molecule has 0 aliphatic rings. The van der Waals surface area contributed by atoms with Gasteiger partial charge in [-0.15, -0.1) is 0 Å². The minimum Gasteiger partial charge on any atom is -0.361 e. The first-order valence-corrected chi connectivity index (χ1v) is 15.0. The quantitative estimate of drug-likeness (QED) is 0.237. The van der Waals surface area contributed by atoms with Gasteiger partial charge in [-0.05, 0) is 35.4 Å². The maximum atomic E-state index is 9.94. The van der Waals surface area contributed by atoms with Crippen molar-refractivity contribution < 1.29 is 4.74 Å². The van der Waals surface area contributed by atoms with E-state index in [1.165, 1.54) is 0 Å². The highest BCUT2D eigenvalue weighted by atomic mass is 28.3. The number of benzene rings is 2. The first-order chi connectivity index (χ1) is 16.4. The van der Waals surface area contributed by atoms with E-state index in [1.807, 2.05) is 59.3 Å². The summed E-state index contributed by atoms with van der Waals surface area (Å²) in [7, 11) is -1.14. The smallest absolute Gasteiger partial charge is 0.145 e. The van der Waals surface area contributed by atoms with Gasteiger partial charge >= 0.3 is 0 Å². The molecule has 0 saturated carbocycles. The van der Waals surface area contributed by atoms with Crippen LogP contribution < -0.4 is 0 Å². The van der Waals surface area contributed by atoms with Crippen LogP contribution in [0, 0.1) is 22.7 Å². The molecular weight excluding hydrogens is 438 g/mol. The van der Waals surface area contributed by atoms with Crippen LogP contribution in [0.15, 0.2) is 67.1 Å². The summed E-state index contributed by atoms with van der Waals surface area (Å²) in [6.07, 6.45) is 3.54. The molecule has 0 fully saturated rings. The van der Waals surface area contributed by atoms with Crippen molar-refractivity contribution in [3.05, 3.63) is 83.8 Å². The molecule has 170 valence electrons. The van der Waals surface area contributed by atoms with E-state index in [0.717, 1.165) is 40.5 Å². The van der Waals surface area contributed by atoms with Crippen LogP contribution in [-0.2, 0) is 11.5 Å². The van der Waals surface area contributed by atoms with E-state index in [9.17, 15) is 10.5 Å². The van der Waals surface area contributed by atoms with Gasteiger partial charge in [0.2, 0.25) is 0 Å². The molecule has 0 radical (unpaired) electrons. The second-order valence-electron chi connectivity index (χ2n) is 9.48. The van der Waals surface area contributed by atoms with E-state index in [1.54, 1.807) is 12.4 Å². The summed E-state index contributed by atoms with van der Waals surface area (Å²) >= 11 is 0. The average molecular weight is 466 g/mol. The largest absolute Gasteiger partial charge is 0.361 e. The fraction of sp³-hybridized carbons (Fsp3) is 0.259. The van der Waals surface area contributed by atoms with E-state index < -0.39 is 14.0 Å². The molecule has 7 heteroatoms. The summed E-state index contributed by atoms with van der Waals surface area (Å²) in [6.45, 7) is 8.21. The molecule has 4 rings (SSSR count). The van der Waals surface area contributed by atoms with E-state index in [2.05, 4.69) is 41.7 Å². The van der Waals surface area contributed by atoms with Crippen molar-refractivity contribution in [3.63, 3.8) is 0 Å². The van der Waals surface area contributed by atoms with Gasteiger partial charge < -0.3 is 9.30 Å². The maximum absolute atomic E-state index is 9.94. The summed E-state index contributed by atoms with van der Waals surface area (Å²) in [5.41, 5.74) is 4.56. The third-order valence-corrected chi connectivity index (χ3v) is 7.50. The fourth-order valence-corrected chi connectivity index (χ4v) is 4.68. The number of hydrogen-bond acceptors (Lipinski definition) is 5. The molecule has 0 spiro atoms. The molecule has 6 nitrogen and oxygen atoms in total. The molecule has 1 unspecified atom stereocenters. The predicted octanol–water partition coefficient (Wildman–Crippen LogP) is 5.94. The molecule has 0 N–H and O–H groups in total. The van der Waals surface area contributed by atoms with Gasteiger partial charge in [-0.1, -0.05) is 56.0 Å². The molecule has 0 aliphatic heterocycles. The Labute approximate surface area is 201 Å². The molecule has 0 bridgehead atoms. The van der Waals surface area contributed by atoms with Crippen LogP contribution in [0.4, 0.5) is 0 Å². The van der Waals surface area contributed by atoms with Gasteiger partial charge in [0.25, 0.3) is 0 Å². The first-order valence-electron chi connectivity index (χ1n) is 11.3. The minimum atomic E-state index is -1.14. The number of nitrogens with zero attached hydrogens (tertiary/aromatic N) is 5. The zero-order chi connectivity index (χ0) is 24.1. The van der Waals surface area contributed by atoms with Crippen LogP contribution in [0.25, 0.3) is 22.3 Å². The third kappa shape index (κ3) is 5.07. The highest BCUT2D eigenvalue weighted by Crippen LogP contribution is 2.32. The molecule has 2 aromatic heterocycles. The summed E-state index contributed by atoms with van der Waals surface area (Å²) in [5, 5.41) is 20.4. The lowest BCUT2D eigenvalue weighted by Crippen LogP contribution is -2.22. The van der Waals surface area contributed by atoms with Gasteiger partial charge in [-0.2, -0.15) is 10.5 Å². The standard InChI is InChI=1S/C27H27N5OSi/c1-34(2,3)14-13-33-19-32-12-11-24-26(30-18-31-27(24)32)21-9-6-8-20(15-21)25(17-29)23-10-5-4-7-22(23)16-28/h4-12,15,18,25H,13-14,19H2,1-3H3. The van der Waals surface area contributed by atoms with Gasteiger partial charge in [-0.3, -0.25) is 0 Å². The summed E-state index contributed by atoms with van der Waals surface area (Å²) in [5.74, 6) is -0.544. The Bertz CT molecular complexity index is 1390. The predicted molar refractivity (Wildman–Crippen MR) is 136 cm³/mol. The number of ether oxygens (including phenoxy) is 1. The van der Waals surface area contributed by atoms with Crippen molar-refractivity contribution in [2.45, 2.75) is 38.3 Å². The topological polar surface area (TPSA) is 87.5 Å². The zero-order valence-electron chi connectivity index (χ0n) is 19.7. The van der Waals surface area contributed by atoms with Crippen molar-refractivity contribution >= 4 is 19.1 Å². The van der Waals surface area contributed by atoms with Crippen molar-refractivity contribution in [3.8, 4) is 23.4 Å². The SMILES string of the molecule is C[Si](C)(C)CCOCn1ccc2c(-c3cccc(C(C#N)c4ccccc4C#N)c3)ncnc21. The molecular formula is C27H27N5OSi. The van der Waals surface area contributed by atoms with Crippen LogP contribution >= 0.6 is 0 Å². The van der Waals surface area contributed by atoms with Crippen LogP contribution in [0.5, 0.6) is 0 Å². The number of nitriles is 2. The average Bonchev–Trinajstić information content (AvgIpc) is 3.25. The normalized spacial score (nSPS) is 12.3. The van der Waals surface area contributed by atoms with Crippen molar-refractivity contribution in [2.75, 3.05) is 6.61 Å². The Morgan fingerprint density at radius 2 is 1.85 bits per heavy atom. The van der Waals surface area contributed by atoms with E-state index in [0.29, 0.717) is 17.9 Å². The Balaban J connectivity index is 1.64. The monoisotopic (exact) mass is 465 g/mol. The number of hydrogen-bond donors (Lipinski definition) is 0. The molecule has 2 heterocycles. The van der Waals surface area contributed by atoms with Crippen LogP contribution in [0.2, 0.25) is 25.7 Å². The second kappa shape index (κ2) is 10.0. The minimum absolute atomic E-state index is 0.450. The summed E-state index contributed by atoms with van der Waals surface area (Å²) < 4.78 is 7.91. The third-order valence-electron chi connectivity index (χ3n) is 5.80. The van der Waals surface area contributed by atoms with Crippen LogP contribution in [-0.4, -0.2) is 29.2 Å². The number of fused-ring (bicyclic) bond motifs is 1. The molecule has 1 atom stereocenters. The number of aromatic nitrogens is 3. The van der Waals surface area contributed by atoms with Crippen LogP contribution in [0.1, 0.15) is 22.6 Å². The highest BCUT2D eigenvalue weighted by Gasteiger charge is 2.19. The lowest BCUT2D eigenvalue weighted by molar-refractivity contribution is 0.0899. The molecule has 4 aromatic rings. The first kappa shape index (κ1) is 23.4. The Kier molecular flexibility index (Phi) is 6.88. The van der Waals surface area contributed by atoms with Gasteiger partial charge in [0.05, 0.1) is 29.3 Å². The van der Waals surface area contributed by atoms with Gasteiger partial charge in [-0.25, -0.2) is 9.97 Å². The highest BCUT2D eigenvalue weighted by molar-refractivity contribution is 6.76. The molecule has 0 saturated heterocycles. The van der Waals surface area contributed by atoms with Crippen molar-refractivity contribution in [1.29, 1.82) is 10.5 Å². The maximum Gasteiger partial charge on any atom is 0.145 e. The van der Waals surface area contributed by atoms with E-state index >= 15 is 0 Å². The van der Waals surface area contributed by atoms with Crippen molar-refractivity contribution in [1.82, 2.24) is 14.5 Å². The lowest BCUT2D eigenvalue weighted by atomic mass is 9.88. The van der Waals surface area contributed by atoms with Crippen molar-refractivity contribution in [2.24, 2.45) is 0 Å². The van der Waals surface area contributed by atoms with Crippen LogP contribution in [0.3, 0.4) is 0 Å². The Morgan fingerprint density at radius 1 is 1.03 bits per heavy atom. The summed E-state index contributed by atoms with van der Waals surface area (Å²) in [4.78, 5) is 9.05. The zero-order valence-corrected chi connectivity index (χ0v) is 20.7. The molecule has 0 amide bonds. The molecule has 2 aromatic carbocycles. The molecule has 0 aliphatic carbocycles. The summed E-state index contributed by atoms with van der Waals surface area (Å²) in [6, 6.07) is 22.7. The Morgan fingerprint density at radius 3 is 2.62 bits per heavy atom. The van der Waals surface area contributed by atoms with E-state index in [-0.39, 0.29) is 0 Å².